The normalized spacial score (nSPS) is 10.5. The number of amides is 1. The van der Waals surface area contributed by atoms with Gasteiger partial charge in [0.05, 0.1) is 10.6 Å². The van der Waals surface area contributed by atoms with Gasteiger partial charge in [0.15, 0.2) is 5.13 Å². The van der Waals surface area contributed by atoms with E-state index in [1.807, 2.05) is 47.2 Å². The van der Waals surface area contributed by atoms with Gasteiger partial charge in [-0.1, -0.05) is 25.1 Å². The van der Waals surface area contributed by atoms with Gasteiger partial charge in [0, 0.05) is 10.9 Å². The predicted molar refractivity (Wildman–Crippen MR) is 89.2 cm³/mol. The Bertz CT molecular complexity index is 730. The van der Waals surface area contributed by atoms with E-state index in [1.165, 1.54) is 16.9 Å². The monoisotopic (exact) mass is 314 g/mol. The topological polar surface area (TPSA) is 42.0 Å². The Morgan fingerprint density at radius 3 is 2.67 bits per heavy atom. The van der Waals surface area contributed by atoms with Gasteiger partial charge in [0.1, 0.15) is 0 Å². The maximum absolute atomic E-state index is 12.2. The molecule has 3 rings (SSSR count). The molecular formula is C16H14N2OS2. The summed E-state index contributed by atoms with van der Waals surface area (Å²) in [5.74, 6) is -0.121. The average molecular weight is 314 g/mol. The van der Waals surface area contributed by atoms with Gasteiger partial charge in [-0.25, -0.2) is 4.98 Å². The van der Waals surface area contributed by atoms with Crippen molar-refractivity contribution in [2.75, 3.05) is 5.32 Å². The second-order valence-electron chi connectivity index (χ2n) is 4.52. The van der Waals surface area contributed by atoms with Crippen LogP contribution in [0.1, 0.15) is 22.8 Å². The zero-order valence-corrected chi connectivity index (χ0v) is 13.1. The van der Waals surface area contributed by atoms with E-state index in [2.05, 4.69) is 17.2 Å². The summed E-state index contributed by atoms with van der Waals surface area (Å²) in [7, 11) is 0. The van der Waals surface area contributed by atoms with Crippen LogP contribution in [0.4, 0.5) is 5.13 Å². The first-order chi connectivity index (χ1) is 10.3. The number of aromatic nitrogens is 1. The molecule has 21 heavy (non-hydrogen) atoms. The van der Waals surface area contributed by atoms with E-state index in [1.54, 1.807) is 11.3 Å². The molecular weight excluding hydrogens is 300 g/mol. The Hall–Kier alpha value is -1.98. The van der Waals surface area contributed by atoms with E-state index >= 15 is 0 Å². The summed E-state index contributed by atoms with van der Waals surface area (Å²) in [6, 6.07) is 11.7. The molecule has 3 aromatic rings. The van der Waals surface area contributed by atoms with Crippen LogP contribution < -0.4 is 5.32 Å². The minimum atomic E-state index is -0.121. The lowest BCUT2D eigenvalue weighted by Crippen LogP contribution is -2.11. The fraction of sp³-hybridized carbons (Fsp3) is 0.125. The highest BCUT2D eigenvalue weighted by Crippen LogP contribution is 2.28. The van der Waals surface area contributed by atoms with E-state index in [9.17, 15) is 4.79 Å². The molecule has 5 heteroatoms. The molecule has 0 bridgehead atoms. The molecule has 0 fully saturated rings. The quantitative estimate of drug-likeness (QED) is 0.759. The van der Waals surface area contributed by atoms with Crippen LogP contribution in [0.15, 0.2) is 47.2 Å². The fourth-order valence-corrected chi connectivity index (χ4v) is 3.40. The Kier molecular flexibility index (Phi) is 4.13. The zero-order chi connectivity index (χ0) is 14.7. The number of benzene rings is 1. The van der Waals surface area contributed by atoms with Crippen LogP contribution in [0, 0.1) is 0 Å². The number of hydrogen-bond donors (Lipinski definition) is 1. The summed E-state index contributed by atoms with van der Waals surface area (Å²) in [4.78, 5) is 17.7. The van der Waals surface area contributed by atoms with Crippen molar-refractivity contribution >= 4 is 33.7 Å². The molecule has 1 N–H and O–H groups in total. The summed E-state index contributed by atoms with van der Waals surface area (Å²) < 4.78 is 0. The van der Waals surface area contributed by atoms with E-state index < -0.39 is 0 Å². The summed E-state index contributed by atoms with van der Waals surface area (Å²) in [6.07, 6.45) is 0.971. The number of nitrogens with one attached hydrogen (secondary N) is 1. The fourth-order valence-electron chi connectivity index (χ4n) is 1.93. The van der Waals surface area contributed by atoms with Gasteiger partial charge in [-0.3, -0.25) is 10.1 Å². The lowest BCUT2D eigenvalue weighted by atomic mass is 10.1. The third kappa shape index (κ3) is 3.20. The lowest BCUT2D eigenvalue weighted by molar-refractivity contribution is 0.102. The number of hydrogen-bond acceptors (Lipinski definition) is 4. The number of carbonyl (C=O) groups is 1. The van der Waals surface area contributed by atoms with Gasteiger partial charge >= 0.3 is 0 Å². The third-order valence-electron chi connectivity index (χ3n) is 3.12. The molecule has 1 amide bonds. The van der Waals surface area contributed by atoms with Gasteiger partial charge in [-0.05, 0) is 35.6 Å². The Balaban J connectivity index is 1.72. The second-order valence-corrected chi connectivity index (χ2v) is 6.33. The summed E-state index contributed by atoms with van der Waals surface area (Å²) >= 11 is 3.08. The van der Waals surface area contributed by atoms with E-state index in [4.69, 9.17) is 0 Å². The third-order valence-corrected chi connectivity index (χ3v) is 4.77. The highest BCUT2D eigenvalue weighted by atomic mass is 32.1. The van der Waals surface area contributed by atoms with Crippen molar-refractivity contribution in [3.05, 3.63) is 58.3 Å². The van der Waals surface area contributed by atoms with Crippen molar-refractivity contribution in [2.24, 2.45) is 0 Å². The lowest BCUT2D eigenvalue weighted by Gasteiger charge is -2.02. The maximum Gasteiger partial charge on any atom is 0.257 e. The number of thiophene rings is 1. The molecule has 0 aliphatic heterocycles. The molecule has 0 spiro atoms. The van der Waals surface area contributed by atoms with Crippen molar-refractivity contribution < 1.29 is 4.79 Å². The van der Waals surface area contributed by atoms with E-state index in [-0.39, 0.29) is 5.91 Å². The van der Waals surface area contributed by atoms with Gasteiger partial charge in [-0.15, -0.1) is 22.7 Å². The van der Waals surface area contributed by atoms with Gasteiger partial charge < -0.3 is 0 Å². The van der Waals surface area contributed by atoms with Crippen molar-refractivity contribution in [3.8, 4) is 10.6 Å². The first-order valence-corrected chi connectivity index (χ1v) is 8.42. The Labute approximate surface area is 131 Å². The molecule has 0 atom stereocenters. The minimum absolute atomic E-state index is 0.121. The molecule has 0 aliphatic carbocycles. The van der Waals surface area contributed by atoms with Crippen LogP contribution in [0.25, 0.3) is 10.6 Å². The molecule has 2 aromatic heterocycles. The van der Waals surface area contributed by atoms with Crippen LogP contribution in [-0.4, -0.2) is 10.9 Å². The molecule has 0 aliphatic rings. The van der Waals surface area contributed by atoms with Gasteiger partial charge in [0.2, 0.25) is 0 Å². The van der Waals surface area contributed by atoms with Crippen LogP contribution in [0.2, 0.25) is 0 Å². The van der Waals surface area contributed by atoms with Crippen LogP contribution >= 0.6 is 22.7 Å². The largest absolute Gasteiger partial charge is 0.298 e. The summed E-state index contributed by atoms with van der Waals surface area (Å²) in [5.41, 5.74) is 2.78. The van der Waals surface area contributed by atoms with E-state index in [0.29, 0.717) is 10.7 Å². The van der Waals surface area contributed by atoms with Crippen molar-refractivity contribution in [1.29, 1.82) is 0 Å². The SMILES string of the molecule is CCc1ccc(C(=O)Nc2nc(-c3cccs3)cs2)cc1. The Morgan fingerprint density at radius 2 is 2.00 bits per heavy atom. The second kappa shape index (κ2) is 6.20. The molecule has 2 heterocycles. The summed E-state index contributed by atoms with van der Waals surface area (Å²) in [6.45, 7) is 2.09. The zero-order valence-electron chi connectivity index (χ0n) is 11.5. The van der Waals surface area contributed by atoms with Crippen LogP contribution in [0.3, 0.4) is 0 Å². The van der Waals surface area contributed by atoms with Gasteiger partial charge in [0.25, 0.3) is 5.91 Å². The van der Waals surface area contributed by atoms with Gasteiger partial charge in [-0.2, -0.15) is 0 Å². The van der Waals surface area contributed by atoms with Crippen molar-refractivity contribution in [2.45, 2.75) is 13.3 Å². The molecule has 1 aromatic carbocycles. The molecule has 3 nitrogen and oxygen atoms in total. The number of anilines is 1. The number of nitrogens with zero attached hydrogens (tertiary/aromatic N) is 1. The number of carbonyl (C=O) groups excluding carboxylic acids is 1. The Morgan fingerprint density at radius 1 is 1.19 bits per heavy atom. The molecule has 0 radical (unpaired) electrons. The average Bonchev–Trinajstić information content (AvgIpc) is 3.18. The number of aryl methyl sites for hydroxylation is 1. The molecule has 0 unspecified atom stereocenters. The van der Waals surface area contributed by atoms with Crippen LogP contribution in [0.5, 0.6) is 0 Å². The number of rotatable bonds is 4. The van der Waals surface area contributed by atoms with Crippen LogP contribution in [-0.2, 0) is 6.42 Å². The van der Waals surface area contributed by atoms with E-state index in [0.717, 1.165) is 17.0 Å². The first kappa shape index (κ1) is 14.0. The maximum atomic E-state index is 12.2. The predicted octanol–water partition coefficient (Wildman–Crippen LogP) is 4.69. The van der Waals surface area contributed by atoms with Crippen molar-refractivity contribution in [1.82, 2.24) is 4.98 Å². The summed E-state index contributed by atoms with van der Waals surface area (Å²) in [5, 5.41) is 7.45. The highest BCUT2D eigenvalue weighted by molar-refractivity contribution is 7.16. The standard InChI is InChI=1S/C16H14N2OS2/c1-2-11-5-7-12(8-6-11)15(19)18-16-17-13(10-21-16)14-4-3-9-20-14/h3-10H,2H2,1H3,(H,17,18,19). The smallest absolute Gasteiger partial charge is 0.257 e. The minimum Gasteiger partial charge on any atom is -0.298 e. The molecule has 0 saturated heterocycles. The molecule has 0 saturated carbocycles. The molecule has 106 valence electrons. The first-order valence-electron chi connectivity index (χ1n) is 6.66. The van der Waals surface area contributed by atoms with Crippen molar-refractivity contribution in [3.63, 3.8) is 0 Å². The highest BCUT2D eigenvalue weighted by Gasteiger charge is 2.10. The number of thiazole rings is 1.